The van der Waals surface area contributed by atoms with Crippen molar-refractivity contribution in [3.8, 4) is 5.75 Å². The standard InChI is InChI=1S/C15H23NO3/c1-5-16-15(4,14(17)18)8-9-19-13-7-6-11(2)10-12(13)3/h6-7,10,16H,5,8-9H2,1-4H3,(H,17,18). The molecule has 1 unspecified atom stereocenters. The van der Waals surface area contributed by atoms with Gasteiger partial charge in [-0.15, -0.1) is 0 Å². The Morgan fingerprint density at radius 2 is 2.11 bits per heavy atom. The molecule has 0 saturated carbocycles. The Bertz CT molecular complexity index is 445. The second kappa shape index (κ2) is 6.57. The van der Waals surface area contributed by atoms with E-state index in [9.17, 15) is 9.90 Å². The monoisotopic (exact) mass is 265 g/mol. The molecule has 0 aromatic heterocycles. The van der Waals surface area contributed by atoms with Crippen LogP contribution < -0.4 is 10.1 Å². The number of benzene rings is 1. The number of hydrogen-bond donors (Lipinski definition) is 2. The average molecular weight is 265 g/mol. The molecule has 0 aliphatic heterocycles. The maximum Gasteiger partial charge on any atom is 0.323 e. The summed E-state index contributed by atoms with van der Waals surface area (Å²) < 4.78 is 5.68. The molecule has 0 bridgehead atoms. The van der Waals surface area contributed by atoms with Gasteiger partial charge in [0, 0.05) is 6.42 Å². The van der Waals surface area contributed by atoms with E-state index in [1.165, 1.54) is 5.56 Å². The Hall–Kier alpha value is -1.55. The summed E-state index contributed by atoms with van der Waals surface area (Å²) in [4.78, 5) is 11.2. The molecule has 0 aliphatic carbocycles. The smallest absolute Gasteiger partial charge is 0.323 e. The van der Waals surface area contributed by atoms with E-state index in [4.69, 9.17) is 4.74 Å². The zero-order valence-electron chi connectivity index (χ0n) is 12.1. The summed E-state index contributed by atoms with van der Waals surface area (Å²) in [5.74, 6) is -0.0339. The van der Waals surface area contributed by atoms with Crippen molar-refractivity contribution >= 4 is 5.97 Å². The highest BCUT2D eigenvalue weighted by Crippen LogP contribution is 2.20. The van der Waals surface area contributed by atoms with E-state index in [-0.39, 0.29) is 0 Å². The van der Waals surface area contributed by atoms with Crippen molar-refractivity contribution in [3.63, 3.8) is 0 Å². The van der Waals surface area contributed by atoms with Crippen molar-refractivity contribution in [2.24, 2.45) is 0 Å². The van der Waals surface area contributed by atoms with Crippen LogP contribution in [0.5, 0.6) is 5.75 Å². The topological polar surface area (TPSA) is 58.6 Å². The minimum atomic E-state index is -0.937. The second-order valence-corrected chi connectivity index (χ2v) is 5.04. The Kier molecular flexibility index (Phi) is 5.36. The number of aryl methyl sites for hydroxylation is 2. The number of carboxylic acid groups (broad SMARTS) is 1. The van der Waals surface area contributed by atoms with E-state index in [0.29, 0.717) is 19.6 Å². The van der Waals surface area contributed by atoms with E-state index in [1.807, 2.05) is 32.9 Å². The van der Waals surface area contributed by atoms with Gasteiger partial charge < -0.3 is 15.2 Å². The summed E-state index contributed by atoms with van der Waals surface area (Å²) in [5.41, 5.74) is 1.32. The van der Waals surface area contributed by atoms with Crippen LogP contribution in [0.15, 0.2) is 18.2 Å². The number of aliphatic carboxylic acids is 1. The van der Waals surface area contributed by atoms with E-state index in [1.54, 1.807) is 6.92 Å². The average Bonchev–Trinajstić information content (AvgIpc) is 2.32. The van der Waals surface area contributed by atoms with E-state index < -0.39 is 11.5 Å². The van der Waals surface area contributed by atoms with Crippen LogP contribution >= 0.6 is 0 Å². The summed E-state index contributed by atoms with van der Waals surface area (Å²) in [6, 6.07) is 5.97. The fraction of sp³-hybridized carbons (Fsp3) is 0.533. The lowest BCUT2D eigenvalue weighted by Gasteiger charge is -2.25. The first kappa shape index (κ1) is 15.5. The van der Waals surface area contributed by atoms with Crippen molar-refractivity contribution in [1.82, 2.24) is 5.32 Å². The highest BCUT2D eigenvalue weighted by atomic mass is 16.5. The maximum absolute atomic E-state index is 11.2. The predicted molar refractivity (Wildman–Crippen MR) is 75.7 cm³/mol. The lowest BCUT2D eigenvalue weighted by Crippen LogP contribution is -2.50. The van der Waals surface area contributed by atoms with Gasteiger partial charge in [-0.3, -0.25) is 4.79 Å². The van der Waals surface area contributed by atoms with Crippen LogP contribution in [-0.2, 0) is 4.79 Å². The zero-order chi connectivity index (χ0) is 14.5. The summed E-state index contributed by atoms with van der Waals surface area (Å²) in [7, 11) is 0. The number of carboxylic acids is 1. The van der Waals surface area contributed by atoms with E-state index in [0.717, 1.165) is 11.3 Å². The molecule has 0 radical (unpaired) electrons. The lowest BCUT2D eigenvalue weighted by molar-refractivity contribution is -0.144. The normalized spacial score (nSPS) is 13.9. The lowest BCUT2D eigenvalue weighted by atomic mass is 9.98. The van der Waals surface area contributed by atoms with Crippen molar-refractivity contribution in [3.05, 3.63) is 29.3 Å². The number of likely N-dealkylation sites (N-methyl/N-ethyl adjacent to an activating group) is 1. The number of nitrogens with one attached hydrogen (secondary N) is 1. The Morgan fingerprint density at radius 3 is 2.63 bits per heavy atom. The molecular formula is C15H23NO3. The van der Waals surface area contributed by atoms with Crippen LogP contribution in [-0.4, -0.2) is 29.8 Å². The van der Waals surface area contributed by atoms with Crippen LogP contribution in [0.3, 0.4) is 0 Å². The zero-order valence-corrected chi connectivity index (χ0v) is 12.1. The van der Waals surface area contributed by atoms with Crippen LogP contribution in [0.2, 0.25) is 0 Å². The molecule has 106 valence electrons. The molecule has 4 nitrogen and oxygen atoms in total. The Morgan fingerprint density at radius 1 is 1.42 bits per heavy atom. The van der Waals surface area contributed by atoms with Crippen molar-refractivity contribution in [2.75, 3.05) is 13.2 Å². The van der Waals surface area contributed by atoms with Gasteiger partial charge in [0.05, 0.1) is 6.61 Å². The molecule has 1 atom stereocenters. The second-order valence-electron chi connectivity index (χ2n) is 5.04. The summed E-state index contributed by atoms with van der Waals surface area (Å²) in [6.45, 7) is 8.59. The van der Waals surface area contributed by atoms with Gasteiger partial charge in [0.2, 0.25) is 0 Å². The first-order valence-electron chi connectivity index (χ1n) is 6.57. The third-order valence-electron chi connectivity index (χ3n) is 3.23. The highest BCUT2D eigenvalue weighted by Gasteiger charge is 2.31. The molecule has 0 amide bonds. The number of carbonyl (C=O) groups is 1. The molecule has 19 heavy (non-hydrogen) atoms. The van der Waals surface area contributed by atoms with Crippen LogP contribution in [0.4, 0.5) is 0 Å². The molecule has 0 spiro atoms. The third kappa shape index (κ3) is 4.24. The number of rotatable bonds is 7. The third-order valence-corrected chi connectivity index (χ3v) is 3.23. The Labute approximate surface area is 114 Å². The van der Waals surface area contributed by atoms with Crippen molar-refractivity contribution in [2.45, 2.75) is 39.7 Å². The number of hydrogen-bond acceptors (Lipinski definition) is 3. The first-order valence-corrected chi connectivity index (χ1v) is 6.57. The predicted octanol–water partition coefficient (Wildman–Crippen LogP) is 2.53. The summed E-state index contributed by atoms with van der Waals surface area (Å²) in [6.07, 6.45) is 0.420. The molecule has 0 aliphatic rings. The molecule has 0 fully saturated rings. The highest BCUT2D eigenvalue weighted by molar-refractivity contribution is 5.78. The SMILES string of the molecule is CCNC(C)(CCOc1ccc(C)cc1C)C(=O)O. The van der Waals surface area contributed by atoms with Crippen LogP contribution in [0.1, 0.15) is 31.4 Å². The van der Waals surface area contributed by atoms with Crippen LogP contribution in [0, 0.1) is 13.8 Å². The molecule has 0 saturated heterocycles. The van der Waals surface area contributed by atoms with Crippen molar-refractivity contribution < 1.29 is 14.6 Å². The van der Waals surface area contributed by atoms with Crippen molar-refractivity contribution in [1.29, 1.82) is 0 Å². The van der Waals surface area contributed by atoms with Gasteiger partial charge in [0.1, 0.15) is 11.3 Å². The van der Waals surface area contributed by atoms with E-state index >= 15 is 0 Å². The first-order chi connectivity index (χ1) is 8.89. The molecule has 4 heteroatoms. The maximum atomic E-state index is 11.2. The van der Waals surface area contributed by atoms with Gasteiger partial charge >= 0.3 is 5.97 Å². The fourth-order valence-corrected chi connectivity index (χ4v) is 1.99. The number of ether oxygens (including phenoxy) is 1. The molecule has 1 aromatic carbocycles. The summed E-state index contributed by atoms with van der Waals surface area (Å²) >= 11 is 0. The fourth-order valence-electron chi connectivity index (χ4n) is 1.99. The molecule has 2 N–H and O–H groups in total. The van der Waals surface area contributed by atoms with Gasteiger partial charge in [0.15, 0.2) is 0 Å². The summed E-state index contributed by atoms with van der Waals surface area (Å²) in [5, 5.41) is 12.2. The van der Waals surface area contributed by atoms with Gasteiger partial charge in [-0.1, -0.05) is 24.6 Å². The minimum Gasteiger partial charge on any atom is -0.493 e. The van der Waals surface area contributed by atoms with Gasteiger partial charge in [-0.2, -0.15) is 0 Å². The van der Waals surface area contributed by atoms with Gasteiger partial charge in [0.25, 0.3) is 0 Å². The molecule has 1 rings (SSSR count). The van der Waals surface area contributed by atoms with E-state index in [2.05, 4.69) is 11.4 Å². The van der Waals surface area contributed by atoms with Crippen LogP contribution in [0.25, 0.3) is 0 Å². The quantitative estimate of drug-likeness (QED) is 0.795. The molecular weight excluding hydrogens is 242 g/mol. The van der Waals surface area contributed by atoms with Gasteiger partial charge in [-0.25, -0.2) is 0 Å². The minimum absolute atomic E-state index is 0.375. The molecule has 0 heterocycles. The molecule has 1 aromatic rings. The van der Waals surface area contributed by atoms with Gasteiger partial charge in [-0.05, 0) is 38.9 Å². The largest absolute Gasteiger partial charge is 0.493 e. The Balaban J connectivity index is 2.59.